The normalized spacial score (nSPS) is 9.00. The van der Waals surface area contributed by atoms with E-state index >= 15 is 0 Å². The summed E-state index contributed by atoms with van der Waals surface area (Å²) in [5, 5.41) is 0. The third kappa shape index (κ3) is 3.86. The molecule has 12 heavy (non-hydrogen) atoms. The van der Waals surface area contributed by atoms with Crippen molar-refractivity contribution in [2.75, 3.05) is 5.75 Å². The van der Waals surface area contributed by atoms with Gasteiger partial charge in [-0.05, 0) is 19.1 Å². The van der Waals surface area contributed by atoms with Gasteiger partial charge in [-0.1, -0.05) is 20.8 Å². The Balaban J connectivity index is 0.000000561. The zero-order valence-corrected chi connectivity index (χ0v) is 9.20. The monoisotopic (exact) mass is 186 g/mol. The third-order valence-corrected chi connectivity index (χ3v) is 2.61. The summed E-state index contributed by atoms with van der Waals surface area (Å²) in [6.07, 6.45) is 4.82. The van der Waals surface area contributed by atoms with E-state index in [1.165, 1.54) is 22.6 Å². The molecule has 0 aliphatic rings. The summed E-state index contributed by atoms with van der Waals surface area (Å²) in [7, 11) is 0. The van der Waals surface area contributed by atoms with Gasteiger partial charge in [-0.15, -0.1) is 11.8 Å². The quantitative estimate of drug-likeness (QED) is 0.659. The summed E-state index contributed by atoms with van der Waals surface area (Å²) in [5.74, 6) is 1.18. The van der Waals surface area contributed by atoms with Crippen LogP contribution in [0, 0.1) is 6.92 Å². The molecule has 0 aliphatic carbocycles. The zero-order chi connectivity index (χ0) is 9.40. The van der Waals surface area contributed by atoms with Crippen LogP contribution < -0.4 is 0 Å². The van der Waals surface area contributed by atoms with Crippen molar-refractivity contribution in [1.29, 1.82) is 0 Å². The summed E-state index contributed by atoms with van der Waals surface area (Å²) in [6.45, 7) is 8.25. The van der Waals surface area contributed by atoms with Crippen LogP contribution in [0.5, 0.6) is 0 Å². The molecule has 1 heterocycles. The van der Waals surface area contributed by atoms with Gasteiger partial charge >= 0.3 is 0 Å². The van der Waals surface area contributed by atoms with E-state index in [2.05, 4.69) is 13.8 Å². The fourth-order valence-corrected chi connectivity index (χ4v) is 1.53. The second kappa shape index (κ2) is 7.29. The lowest BCUT2D eigenvalue weighted by atomic mass is 10.4. The Labute approximate surface area is 79.5 Å². The van der Waals surface area contributed by atoms with Gasteiger partial charge in [0.15, 0.2) is 0 Å². The molecular formula is C10H18OS. The summed E-state index contributed by atoms with van der Waals surface area (Å²) < 4.78 is 5.02. The second-order valence-corrected chi connectivity index (χ2v) is 3.40. The van der Waals surface area contributed by atoms with E-state index in [1.807, 2.05) is 31.9 Å². The van der Waals surface area contributed by atoms with E-state index in [-0.39, 0.29) is 0 Å². The number of hydrogen-bond donors (Lipinski definition) is 0. The van der Waals surface area contributed by atoms with Gasteiger partial charge in [0.05, 0.1) is 6.26 Å². The highest BCUT2D eigenvalue weighted by Crippen LogP contribution is 2.23. The highest BCUT2D eigenvalue weighted by molar-refractivity contribution is 7.99. The van der Waals surface area contributed by atoms with E-state index in [9.17, 15) is 0 Å². The van der Waals surface area contributed by atoms with E-state index < -0.39 is 0 Å². The Morgan fingerprint density at radius 2 is 2.00 bits per heavy atom. The lowest BCUT2D eigenvalue weighted by Gasteiger charge is -1.93. The highest BCUT2D eigenvalue weighted by atomic mass is 32.2. The van der Waals surface area contributed by atoms with Crippen LogP contribution in [0.2, 0.25) is 0 Å². The molecule has 0 unspecified atom stereocenters. The van der Waals surface area contributed by atoms with Gasteiger partial charge in [0, 0.05) is 10.5 Å². The van der Waals surface area contributed by atoms with Gasteiger partial charge in [0.25, 0.3) is 0 Å². The molecule has 0 atom stereocenters. The van der Waals surface area contributed by atoms with Crippen molar-refractivity contribution in [3.05, 3.63) is 18.1 Å². The van der Waals surface area contributed by atoms with Crippen molar-refractivity contribution < 1.29 is 4.42 Å². The smallest absolute Gasteiger partial charge is 0.104 e. The minimum atomic E-state index is 1.18. The van der Waals surface area contributed by atoms with Crippen LogP contribution in [0.25, 0.3) is 0 Å². The van der Waals surface area contributed by atoms with Crippen LogP contribution in [0.3, 0.4) is 0 Å². The van der Waals surface area contributed by atoms with Crippen LogP contribution in [0.1, 0.15) is 32.8 Å². The molecule has 0 N–H and O–H groups in total. The fourth-order valence-electron chi connectivity index (χ4n) is 0.709. The predicted molar refractivity (Wildman–Crippen MR) is 55.8 cm³/mol. The van der Waals surface area contributed by atoms with Gasteiger partial charge in [0.1, 0.15) is 6.26 Å². The van der Waals surface area contributed by atoms with E-state index in [0.717, 1.165) is 0 Å². The molecule has 0 aliphatic heterocycles. The minimum Gasteiger partial charge on any atom is -0.471 e. The molecule has 0 radical (unpaired) electrons. The molecule has 0 saturated heterocycles. The lowest BCUT2D eigenvalue weighted by Crippen LogP contribution is -1.74. The molecule has 1 rings (SSSR count). The summed E-state index contributed by atoms with van der Waals surface area (Å²) in [6, 6.07) is 0. The summed E-state index contributed by atoms with van der Waals surface area (Å²) >= 11 is 1.86. The largest absolute Gasteiger partial charge is 0.471 e. The lowest BCUT2D eigenvalue weighted by molar-refractivity contribution is 0.560. The van der Waals surface area contributed by atoms with Gasteiger partial charge in [0.2, 0.25) is 0 Å². The average molecular weight is 186 g/mol. The van der Waals surface area contributed by atoms with Crippen LogP contribution in [-0.2, 0) is 0 Å². The van der Waals surface area contributed by atoms with Crippen LogP contribution >= 0.6 is 11.8 Å². The van der Waals surface area contributed by atoms with Crippen LogP contribution in [0.4, 0.5) is 0 Å². The van der Waals surface area contributed by atoms with Crippen molar-refractivity contribution in [1.82, 2.24) is 0 Å². The Morgan fingerprint density at radius 3 is 2.42 bits per heavy atom. The standard InChI is InChI=1S/C8H12OS.C2H6/c1-3-4-10-8-6-9-5-7(8)2;1-2/h5-6H,3-4H2,1-2H3;1-2H3. The average Bonchev–Trinajstić information content (AvgIpc) is 2.51. The van der Waals surface area contributed by atoms with E-state index in [4.69, 9.17) is 4.42 Å². The van der Waals surface area contributed by atoms with Crippen molar-refractivity contribution in [3.63, 3.8) is 0 Å². The van der Waals surface area contributed by atoms with E-state index in [0.29, 0.717) is 0 Å². The molecule has 2 heteroatoms. The molecule has 0 spiro atoms. The van der Waals surface area contributed by atoms with Crippen molar-refractivity contribution in [3.8, 4) is 0 Å². The number of thioether (sulfide) groups is 1. The molecule has 0 amide bonds. The molecule has 1 aromatic rings. The third-order valence-electron chi connectivity index (χ3n) is 1.27. The summed E-state index contributed by atoms with van der Waals surface area (Å²) in [5.41, 5.74) is 1.25. The maximum Gasteiger partial charge on any atom is 0.104 e. The van der Waals surface area contributed by atoms with Gasteiger partial charge in [-0.3, -0.25) is 0 Å². The molecule has 1 aromatic heterocycles. The minimum absolute atomic E-state index is 1.18. The molecule has 1 nitrogen and oxygen atoms in total. The van der Waals surface area contributed by atoms with Crippen molar-refractivity contribution in [2.24, 2.45) is 0 Å². The number of furan rings is 1. The molecule has 70 valence electrons. The molecule has 0 bridgehead atoms. The topological polar surface area (TPSA) is 13.1 Å². The second-order valence-electron chi connectivity index (χ2n) is 2.27. The van der Waals surface area contributed by atoms with Gasteiger partial charge < -0.3 is 4.42 Å². The van der Waals surface area contributed by atoms with Crippen LogP contribution in [0.15, 0.2) is 21.8 Å². The zero-order valence-electron chi connectivity index (χ0n) is 8.39. The first kappa shape index (κ1) is 11.6. The number of aryl methyl sites for hydroxylation is 1. The molecule has 0 saturated carbocycles. The van der Waals surface area contributed by atoms with Crippen molar-refractivity contribution in [2.45, 2.75) is 39.0 Å². The highest BCUT2D eigenvalue weighted by Gasteiger charge is 1.98. The molecule has 0 fully saturated rings. The van der Waals surface area contributed by atoms with Crippen LogP contribution in [-0.4, -0.2) is 5.75 Å². The molecular weight excluding hydrogens is 168 g/mol. The summed E-state index contributed by atoms with van der Waals surface area (Å²) in [4.78, 5) is 1.28. The Morgan fingerprint density at radius 1 is 1.33 bits per heavy atom. The fraction of sp³-hybridized carbons (Fsp3) is 0.600. The Kier molecular flexibility index (Phi) is 7.06. The SMILES string of the molecule is CC.CCCSc1cocc1C. The first-order chi connectivity index (χ1) is 5.84. The number of rotatable bonds is 3. The predicted octanol–water partition coefficient (Wildman–Crippen LogP) is 4.12. The number of hydrogen-bond acceptors (Lipinski definition) is 2. The first-order valence-electron chi connectivity index (χ1n) is 4.50. The Bertz CT molecular complexity index is 193. The van der Waals surface area contributed by atoms with Gasteiger partial charge in [-0.2, -0.15) is 0 Å². The maximum atomic E-state index is 5.02. The Hall–Kier alpha value is -0.370. The molecule has 0 aromatic carbocycles. The van der Waals surface area contributed by atoms with Crippen molar-refractivity contribution >= 4 is 11.8 Å². The maximum absolute atomic E-state index is 5.02. The first-order valence-corrected chi connectivity index (χ1v) is 5.48. The van der Waals surface area contributed by atoms with E-state index in [1.54, 1.807) is 6.26 Å². The van der Waals surface area contributed by atoms with Gasteiger partial charge in [-0.25, -0.2) is 0 Å².